The smallest absolute Gasteiger partial charge is 0.307 e. The van der Waals surface area contributed by atoms with Crippen molar-refractivity contribution < 1.29 is 19.2 Å². The number of methoxy groups -OCH3 is 1. The summed E-state index contributed by atoms with van der Waals surface area (Å²) in [5.41, 5.74) is 0.593. The van der Waals surface area contributed by atoms with Crippen LogP contribution in [0.25, 0.3) is 0 Å². The summed E-state index contributed by atoms with van der Waals surface area (Å²) in [6.45, 7) is 0. The molecule has 2 rings (SSSR count). The minimum absolute atomic E-state index is 0.0845. The van der Waals surface area contributed by atoms with Crippen molar-refractivity contribution in [1.82, 2.24) is 5.32 Å². The van der Waals surface area contributed by atoms with E-state index in [-0.39, 0.29) is 17.7 Å². The van der Waals surface area contributed by atoms with Crippen LogP contribution in [0.5, 0.6) is 0 Å². The standard InChI is InChI=1S/C17H15ClN2O5/c1-25-16(21)10-15(11-5-7-13(18)8-6-11)19-17(22)12-3-2-4-14(9-12)20(23)24/h2-9,15H,10H2,1H3,(H,19,22). The van der Waals surface area contributed by atoms with Crippen molar-refractivity contribution in [3.05, 3.63) is 74.8 Å². The molecule has 1 unspecified atom stereocenters. The molecule has 25 heavy (non-hydrogen) atoms. The molecular weight excluding hydrogens is 348 g/mol. The maximum atomic E-state index is 12.4. The lowest BCUT2D eigenvalue weighted by molar-refractivity contribution is -0.384. The van der Waals surface area contributed by atoms with E-state index in [1.54, 1.807) is 24.3 Å². The average molecular weight is 363 g/mol. The number of nitrogens with zero attached hydrogens (tertiary/aromatic N) is 1. The van der Waals surface area contributed by atoms with E-state index in [1.807, 2.05) is 0 Å². The van der Waals surface area contributed by atoms with Gasteiger partial charge in [0.15, 0.2) is 0 Å². The summed E-state index contributed by atoms with van der Waals surface area (Å²) in [5.74, 6) is -1.04. The van der Waals surface area contributed by atoms with E-state index in [0.29, 0.717) is 10.6 Å². The van der Waals surface area contributed by atoms with Crippen LogP contribution in [0.15, 0.2) is 48.5 Å². The Balaban J connectivity index is 2.24. The highest BCUT2D eigenvalue weighted by molar-refractivity contribution is 6.30. The zero-order chi connectivity index (χ0) is 18.4. The number of carbonyl (C=O) groups is 2. The molecule has 130 valence electrons. The summed E-state index contributed by atoms with van der Waals surface area (Å²) in [4.78, 5) is 34.3. The summed E-state index contributed by atoms with van der Waals surface area (Å²) >= 11 is 5.86. The monoisotopic (exact) mass is 362 g/mol. The minimum Gasteiger partial charge on any atom is -0.469 e. The molecule has 8 heteroatoms. The van der Waals surface area contributed by atoms with Gasteiger partial charge in [-0.05, 0) is 23.8 Å². The fraction of sp³-hybridized carbons (Fsp3) is 0.176. The average Bonchev–Trinajstić information content (AvgIpc) is 2.61. The zero-order valence-electron chi connectivity index (χ0n) is 13.3. The lowest BCUT2D eigenvalue weighted by Crippen LogP contribution is -2.30. The number of amides is 1. The summed E-state index contributed by atoms with van der Waals surface area (Å²) in [5, 5.41) is 14.0. The van der Waals surface area contributed by atoms with E-state index in [4.69, 9.17) is 11.6 Å². The quantitative estimate of drug-likeness (QED) is 0.483. The Labute approximate surface area is 148 Å². The molecule has 1 N–H and O–H groups in total. The Bertz CT molecular complexity index is 792. The molecule has 0 aliphatic carbocycles. The van der Waals surface area contributed by atoms with Gasteiger partial charge in [0.05, 0.1) is 24.5 Å². The summed E-state index contributed by atoms with van der Waals surface area (Å²) in [7, 11) is 1.25. The maximum Gasteiger partial charge on any atom is 0.307 e. The minimum atomic E-state index is -0.656. The number of ether oxygens (including phenoxy) is 1. The van der Waals surface area contributed by atoms with Crippen LogP contribution in [0, 0.1) is 10.1 Å². The van der Waals surface area contributed by atoms with Crippen molar-refractivity contribution in [2.75, 3.05) is 7.11 Å². The van der Waals surface area contributed by atoms with Crippen LogP contribution in [0.4, 0.5) is 5.69 Å². The summed E-state index contributed by atoms with van der Waals surface area (Å²) < 4.78 is 4.66. The lowest BCUT2D eigenvalue weighted by atomic mass is 10.0. The van der Waals surface area contributed by atoms with Crippen molar-refractivity contribution in [3.63, 3.8) is 0 Å². The van der Waals surface area contributed by atoms with Gasteiger partial charge in [0.2, 0.25) is 0 Å². The van der Waals surface area contributed by atoms with Gasteiger partial charge in [-0.25, -0.2) is 0 Å². The van der Waals surface area contributed by atoms with Crippen LogP contribution < -0.4 is 5.32 Å². The van der Waals surface area contributed by atoms with Crippen LogP contribution in [0.1, 0.15) is 28.4 Å². The number of rotatable bonds is 6. The number of hydrogen-bond acceptors (Lipinski definition) is 5. The van der Waals surface area contributed by atoms with Gasteiger partial charge in [0.25, 0.3) is 11.6 Å². The molecule has 2 aromatic rings. The molecule has 0 aliphatic rings. The van der Waals surface area contributed by atoms with Crippen molar-refractivity contribution in [3.8, 4) is 0 Å². The van der Waals surface area contributed by atoms with Gasteiger partial charge in [-0.1, -0.05) is 29.8 Å². The second kappa shape index (κ2) is 8.25. The topological polar surface area (TPSA) is 98.5 Å². The van der Waals surface area contributed by atoms with Crippen molar-refractivity contribution in [2.45, 2.75) is 12.5 Å². The SMILES string of the molecule is COC(=O)CC(NC(=O)c1cccc([N+](=O)[O-])c1)c1ccc(Cl)cc1. The van der Waals surface area contributed by atoms with Gasteiger partial charge < -0.3 is 10.1 Å². The third-order valence-electron chi connectivity index (χ3n) is 3.50. The van der Waals surface area contributed by atoms with Crippen LogP contribution >= 0.6 is 11.6 Å². The molecule has 0 aromatic heterocycles. The fourth-order valence-corrected chi connectivity index (χ4v) is 2.33. The number of nitro benzene ring substituents is 1. The fourth-order valence-electron chi connectivity index (χ4n) is 2.20. The van der Waals surface area contributed by atoms with Gasteiger partial charge in [-0.2, -0.15) is 0 Å². The molecule has 1 amide bonds. The highest BCUT2D eigenvalue weighted by Crippen LogP contribution is 2.21. The number of nitro groups is 1. The van der Waals surface area contributed by atoms with Crippen LogP contribution in [0.2, 0.25) is 5.02 Å². The number of carbonyl (C=O) groups excluding carboxylic acids is 2. The molecule has 7 nitrogen and oxygen atoms in total. The molecular formula is C17H15ClN2O5. The van der Waals surface area contributed by atoms with E-state index in [0.717, 1.165) is 0 Å². The third kappa shape index (κ3) is 5.02. The van der Waals surface area contributed by atoms with Crippen molar-refractivity contribution >= 4 is 29.2 Å². The van der Waals surface area contributed by atoms with Gasteiger partial charge in [-0.15, -0.1) is 0 Å². The zero-order valence-corrected chi connectivity index (χ0v) is 14.0. The second-order valence-corrected chi connectivity index (χ2v) is 5.60. The molecule has 0 heterocycles. The molecule has 2 aromatic carbocycles. The van der Waals surface area contributed by atoms with Crippen molar-refractivity contribution in [2.24, 2.45) is 0 Å². The third-order valence-corrected chi connectivity index (χ3v) is 3.75. The second-order valence-electron chi connectivity index (χ2n) is 5.17. The highest BCUT2D eigenvalue weighted by Gasteiger charge is 2.20. The van der Waals surface area contributed by atoms with Gasteiger partial charge >= 0.3 is 5.97 Å². The Morgan fingerprint density at radius 3 is 2.52 bits per heavy atom. The molecule has 0 saturated heterocycles. The normalized spacial score (nSPS) is 11.4. The largest absolute Gasteiger partial charge is 0.469 e. The maximum absolute atomic E-state index is 12.4. The first-order valence-electron chi connectivity index (χ1n) is 7.28. The van der Waals surface area contributed by atoms with Gasteiger partial charge in [0.1, 0.15) is 0 Å². The Morgan fingerprint density at radius 1 is 1.24 bits per heavy atom. The first-order valence-corrected chi connectivity index (χ1v) is 7.66. The summed E-state index contributed by atoms with van der Waals surface area (Å²) in [6, 6.07) is 11.3. The summed E-state index contributed by atoms with van der Waals surface area (Å²) in [6.07, 6.45) is -0.0845. The van der Waals surface area contributed by atoms with Gasteiger partial charge in [-0.3, -0.25) is 19.7 Å². The predicted octanol–water partition coefficient (Wildman–Crippen LogP) is 3.28. The number of esters is 1. The Hall–Kier alpha value is -2.93. The number of nitrogens with one attached hydrogen (secondary N) is 1. The highest BCUT2D eigenvalue weighted by atomic mass is 35.5. The first kappa shape index (κ1) is 18.4. The number of benzene rings is 2. The lowest BCUT2D eigenvalue weighted by Gasteiger charge is -2.18. The number of hydrogen-bond donors (Lipinski definition) is 1. The molecule has 0 spiro atoms. The first-order chi connectivity index (χ1) is 11.9. The number of non-ortho nitro benzene ring substituents is 1. The Morgan fingerprint density at radius 2 is 1.92 bits per heavy atom. The predicted molar refractivity (Wildman–Crippen MR) is 91.4 cm³/mol. The molecule has 0 saturated carbocycles. The Kier molecular flexibility index (Phi) is 6.08. The molecule has 0 bridgehead atoms. The molecule has 1 atom stereocenters. The van der Waals surface area contributed by atoms with Crippen LogP contribution in [0.3, 0.4) is 0 Å². The van der Waals surface area contributed by atoms with E-state index in [9.17, 15) is 19.7 Å². The van der Waals surface area contributed by atoms with Crippen molar-refractivity contribution in [1.29, 1.82) is 0 Å². The van der Waals surface area contributed by atoms with Crippen LogP contribution in [-0.2, 0) is 9.53 Å². The van der Waals surface area contributed by atoms with E-state index < -0.39 is 22.8 Å². The van der Waals surface area contributed by atoms with E-state index >= 15 is 0 Å². The molecule has 0 radical (unpaired) electrons. The number of halogens is 1. The van der Waals surface area contributed by atoms with E-state index in [1.165, 1.54) is 31.4 Å². The van der Waals surface area contributed by atoms with Gasteiger partial charge in [0, 0.05) is 22.7 Å². The molecule has 0 aliphatic heterocycles. The van der Waals surface area contributed by atoms with E-state index in [2.05, 4.69) is 10.1 Å². The van der Waals surface area contributed by atoms with Crippen LogP contribution in [-0.4, -0.2) is 23.9 Å². The molecule has 0 fully saturated rings.